The Morgan fingerprint density at radius 2 is 2.00 bits per heavy atom. The Bertz CT molecular complexity index is 714. The first-order valence-corrected chi connectivity index (χ1v) is 6.64. The predicted octanol–water partition coefficient (Wildman–Crippen LogP) is 1.71. The maximum atomic E-state index is 6.08. The summed E-state index contributed by atoms with van der Waals surface area (Å²) in [7, 11) is 0. The molecule has 0 bridgehead atoms. The van der Waals surface area contributed by atoms with Crippen LogP contribution in [0.4, 0.5) is 0 Å². The monoisotopic (exact) mass is 284 g/mol. The van der Waals surface area contributed by atoms with E-state index >= 15 is 0 Å². The molecular weight excluding hydrogens is 268 g/mol. The van der Waals surface area contributed by atoms with Gasteiger partial charge in [0.05, 0.1) is 12.4 Å². The van der Waals surface area contributed by atoms with Crippen LogP contribution in [0.1, 0.15) is 29.0 Å². The van der Waals surface area contributed by atoms with Gasteiger partial charge in [0.15, 0.2) is 0 Å². The highest BCUT2D eigenvalue weighted by Gasteiger charge is 2.17. The highest BCUT2D eigenvalue weighted by atomic mass is 16.5. The minimum absolute atomic E-state index is 0.365. The summed E-state index contributed by atoms with van der Waals surface area (Å²) in [5, 5.41) is 4.00. The molecule has 3 N–H and O–H groups in total. The van der Waals surface area contributed by atoms with E-state index in [1.165, 1.54) is 0 Å². The van der Waals surface area contributed by atoms with Crippen LogP contribution in [-0.2, 0) is 6.42 Å². The number of nitrogens with one attached hydrogen (secondary N) is 1. The van der Waals surface area contributed by atoms with E-state index in [9.17, 15) is 0 Å². The number of pyridine rings is 1. The van der Waals surface area contributed by atoms with Crippen LogP contribution in [0.25, 0.3) is 11.4 Å². The number of rotatable bonds is 4. The van der Waals surface area contributed by atoms with E-state index in [4.69, 9.17) is 10.3 Å². The molecule has 0 aromatic carbocycles. The van der Waals surface area contributed by atoms with Crippen molar-refractivity contribution in [1.82, 2.24) is 25.1 Å². The van der Waals surface area contributed by atoms with Gasteiger partial charge in [-0.2, -0.15) is 4.98 Å². The van der Waals surface area contributed by atoms with E-state index in [0.717, 1.165) is 22.6 Å². The lowest BCUT2D eigenvalue weighted by Crippen LogP contribution is -2.14. The van der Waals surface area contributed by atoms with Crippen molar-refractivity contribution >= 4 is 0 Å². The number of imidazole rings is 1. The van der Waals surface area contributed by atoms with Gasteiger partial charge >= 0.3 is 0 Å². The van der Waals surface area contributed by atoms with E-state index in [2.05, 4.69) is 25.1 Å². The van der Waals surface area contributed by atoms with Gasteiger partial charge in [0.2, 0.25) is 11.7 Å². The molecule has 0 amide bonds. The van der Waals surface area contributed by atoms with Crippen molar-refractivity contribution in [2.24, 2.45) is 5.73 Å². The Morgan fingerprint density at radius 3 is 2.67 bits per heavy atom. The summed E-state index contributed by atoms with van der Waals surface area (Å²) in [5.74, 6) is 0.936. The average molecular weight is 284 g/mol. The molecule has 0 spiro atoms. The topological polar surface area (TPSA) is 107 Å². The lowest BCUT2D eigenvalue weighted by Gasteiger charge is -2.03. The summed E-state index contributed by atoms with van der Waals surface area (Å²) >= 11 is 0. The zero-order valence-corrected chi connectivity index (χ0v) is 11.9. The fourth-order valence-electron chi connectivity index (χ4n) is 2.19. The lowest BCUT2D eigenvalue weighted by molar-refractivity contribution is 0.354. The number of aryl methyl sites for hydroxylation is 2. The Labute approximate surface area is 121 Å². The summed E-state index contributed by atoms with van der Waals surface area (Å²) in [6.07, 6.45) is 3.91. The van der Waals surface area contributed by atoms with Gasteiger partial charge < -0.3 is 15.2 Å². The van der Waals surface area contributed by atoms with Crippen LogP contribution >= 0.6 is 0 Å². The molecule has 3 aromatic heterocycles. The average Bonchev–Trinajstić information content (AvgIpc) is 3.08. The highest BCUT2D eigenvalue weighted by molar-refractivity contribution is 5.55. The Kier molecular flexibility index (Phi) is 3.49. The molecule has 0 saturated heterocycles. The maximum absolute atomic E-state index is 6.08. The molecule has 108 valence electrons. The zero-order chi connectivity index (χ0) is 14.8. The maximum Gasteiger partial charge on any atom is 0.244 e. The fraction of sp³-hybridized carbons (Fsp3) is 0.286. The summed E-state index contributed by atoms with van der Waals surface area (Å²) in [6, 6.07) is 3.47. The Balaban J connectivity index is 1.82. The van der Waals surface area contributed by atoms with Gasteiger partial charge in [-0.25, -0.2) is 4.98 Å². The van der Waals surface area contributed by atoms with E-state index in [0.29, 0.717) is 18.1 Å². The fourth-order valence-corrected chi connectivity index (χ4v) is 2.19. The normalized spacial score (nSPS) is 12.5. The molecule has 7 heteroatoms. The third kappa shape index (κ3) is 2.97. The molecule has 0 fully saturated rings. The molecule has 21 heavy (non-hydrogen) atoms. The van der Waals surface area contributed by atoms with Gasteiger partial charge in [-0.15, -0.1) is 0 Å². The van der Waals surface area contributed by atoms with E-state index in [-0.39, 0.29) is 6.04 Å². The number of hydrogen-bond acceptors (Lipinski definition) is 6. The van der Waals surface area contributed by atoms with Gasteiger partial charge in [-0.1, -0.05) is 5.16 Å². The summed E-state index contributed by atoms with van der Waals surface area (Å²) in [6.45, 7) is 3.86. The quantitative estimate of drug-likeness (QED) is 0.755. The molecule has 0 saturated carbocycles. The van der Waals surface area contributed by atoms with Gasteiger partial charge in [-0.05, 0) is 26.0 Å². The first-order valence-electron chi connectivity index (χ1n) is 6.64. The number of nitrogens with zero attached hydrogens (tertiary/aromatic N) is 4. The predicted molar refractivity (Wildman–Crippen MR) is 76.2 cm³/mol. The van der Waals surface area contributed by atoms with Crippen molar-refractivity contribution in [1.29, 1.82) is 0 Å². The van der Waals surface area contributed by atoms with Crippen LogP contribution in [0.2, 0.25) is 0 Å². The third-order valence-electron chi connectivity index (χ3n) is 3.09. The molecule has 0 aliphatic heterocycles. The first-order chi connectivity index (χ1) is 10.1. The second kappa shape index (κ2) is 5.45. The van der Waals surface area contributed by atoms with Crippen molar-refractivity contribution in [2.75, 3.05) is 0 Å². The van der Waals surface area contributed by atoms with Gasteiger partial charge in [0, 0.05) is 35.3 Å². The molecule has 0 aliphatic rings. The molecule has 1 unspecified atom stereocenters. The van der Waals surface area contributed by atoms with Gasteiger partial charge in [0.1, 0.15) is 0 Å². The molecule has 3 heterocycles. The third-order valence-corrected chi connectivity index (χ3v) is 3.09. The second-order valence-corrected chi connectivity index (χ2v) is 4.98. The van der Waals surface area contributed by atoms with Crippen LogP contribution < -0.4 is 5.73 Å². The first kappa shape index (κ1) is 13.4. The van der Waals surface area contributed by atoms with Crippen LogP contribution in [0.5, 0.6) is 0 Å². The van der Waals surface area contributed by atoms with E-state index in [1.54, 1.807) is 12.5 Å². The molecule has 7 nitrogen and oxygen atoms in total. The molecule has 3 rings (SSSR count). The van der Waals surface area contributed by atoms with Crippen molar-refractivity contribution in [3.8, 4) is 11.4 Å². The summed E-state index contributed by atoms with van der Waals surface area (Å²) in [4.78, 5) is 15.7. The van der Waals surface area contributed by atoms with Crippen LogP contribution in [0, 0.1) is 13.8 Å². The van der Waals surface area contributed by atoms with Crippen LogP contribution in [0.3, 0.4) is 0 Å². The number of aromatic nitrogens is 5. The molecule has 1 atom stereocenters. The largest absolute Gasteiger partial charge is 0.348 e. The smallest absolute Gasteiger partial charge is 0.244 e. The highest BCUT2D eigenvalue weighted by Crippen LogP contribution is 2.20. The van der Waals surface area contributed by atoms with Gasteiger partial charge in [0.25, 0.3) is 0 Å². The van der Waals surface area contributed by atoms with Gasteiger partial charge in [-0.3, -0.25) is 4.98 Å². The SMILES string of the molecule is Cc1cc(-c2noc(C(N)Cc3cnc[nH]3)n2)cc(C)n1. The van der Waals surface area contributed by atoms with E-state index < -0.39 is 0 Å². The van der Waals surface area contributed by atoms with Crippen LogP contribution in [-0.4, -0.2) is 25.1 Å². The number of hydrogen-bond donors (Lipinski definition) is 2. The number of aromatic amines is 1. The van der Waals surface area contributed by atoms with Crippen molar-refractivity contribution in [3.05, 3.63) is 47.6 Å². The zero-order valence-electron chi connectivity index (χ0n) is 11.9. The molecule has 3 aromatic rings. The van der Waals surface area contributed by atoms with E-state index in [1.807, 2.05) is 26.0 Å². The summed E-state index contributed by atoms with van der Waals surface area (Å²) in [5.41, 5.74) is 9.72. The minimum atomic E-state index is -0.365. The lowest BCUT2D eigenvalue weighted by atomic mass is 10.1. The standard InChI is InChI=1S/C14H16N6O/c1-8-3-10(4-9(2)18-8)13-19-14(21-20-13)12(15)5-11-6-16-7-17-11/h3-4,6-7,12H,5,15H2,1-2H3,(H,16,17). The second-order valence-electron chi connectivity index (χ2n) is 4.98. The number of nitrogens with two attached hydrogens (primary N) is 1. The summed E-state index contributed by atoms with van der Waals surface area (Å²) < 4.78 is 5.27. The Hall–Kier alpha value is -2.54. The van der Waals surface area contributed by atoms with Crippen LogP contribution in [0.15, 0.2) is 29.2 Å². The Morgan fingerprint density at radius 1 is 1.24 bits per heavy atom. The van der Waals surface area contributed by atoms with Crippen molar-refractivity contribution in [3.63, 3.8) is 0 Å². The molecule has 0 radical (unpaired) electrons. The molecular formula is C14H16N6O. The number of H-pyrrole nitrogens is 1. The van der Waals surface area contributed by atoms with Crippen molar-refractivity contribution < 1.29 is 4.52 Å². The molecule has 0 aliphatic carbocycles. The van der Waals surface area contributed by atoms with Crippen molar-refractivity contribution in [2.45, 2.75) is 26.3 Å². The minimum Gasteiger partial charge on any atom is -0.348 e.